The Morgan fingerprint density at radius 2 is 0.308 bits per heavy atom. The molecule has 0 aromatic carbocycles. The van der Waals surface area contributed by atoms with Crippen LogP contribution >= 0.6 is 0 Å². The highest BCUT2D eigenvalue weighted by atomic mass is 14.4. The molecule has 0 nitrogen and oxygen atoms in total. The lowest BCUT2D eigenvalue weighted by atomic mass is 9.62. The van der Waals surface area contributed by atoms with Gasteiger partial charge in [0.25, 0.3) is 0 Å². The maximum Gasteiger partial charge on any atom is -0.0380 e. The van der Waals surface area contributed by atoms with Gasteiger partial charge in [0, 0.05) is 0 Å². The minimum Gasteiger partial charge on any atom is -0.0625 e. The summed E-state index contributed by atoms with van der Waals surface area (Å²) >= 11 is 0. The van der Waals surface area contributed by atoms with Gasteiger partial charge >= 0.3 is 0 Å². The molecule has 0 aliphatic heterocycles. The molecule has 10 atom stereocenters. The summed E-state index contributed by atoms with van der Waals surface area (Å²) in [7, 11) is 0. The van der Waals surface area contributed by atoms with Crippen molar-refractivity contribution in [2.24, 2.45) is 88.8 Å². The summed E-state index contributed by atoms with van der Waals surface area (Å²) in [5, 5.41) is 0. The Labute approximate surface area is 408 Å². The van der Waals surface area contributed by atoms with Crippen LogP contribution in [0.3, 0.4) is 0 Å². The van der Waals surface area contributed by atoms with Gasteiger partial charge in [-0.15, -0.1) is 0 Å². The zero-order valence-corrected chi connectivity index (χ0v) is 44.3. The predicted octanol–water partition coefficient (Wildman–Crippen LogP) is 21.5. The highest BCUT2D eigenvalue weighted by molar-refractivity contribution is 4.90. The van der Waals surface area contributed by atoms with Crippen LogP contribution in [0.5, 0.6) is 0 Å². The molecule has 0 bridgehead atoms. The quantitative estimate of drug-likeness (QED) is 0.239. The van der Waals surface area contributed by atoms with Crippen molar-refractivity contribution < 1.29 is 0 Å². The third-order valence-electron chi connectivity index (χ3n) is 22.9. The predicted molar refractivity (Wildman–Crippen MR) is 284 cm³/mol. The summed E-state index contributed by atoms with van der Waals surface area (Å²) in [5.74, 6) is 15.8. The zero-order chi connectivity index (χ0) is 44.3. The maximum atomic E-state index is 2.76. The second kappa shape index (κ2) is 28.7. The van der Waals surface area contributed by atoms with E-state index in [9.17, 15) is 0 Å². The molecule has 8 aliphatic rings. The molecule has 0 aromatic heterocycles. The fraction of sp³-hybridized carbons (Fsp3) is 1.00. The average Bonchev–Trinajstić information content (AvgIpc) is 3.21. The Hall–Kier alpha value is 0. The first-order valence-corrected chi connectivity index (χ1v) is 32.2. The summed E-state index contributed by atoms with van der Waals surface area (Å²) in [5.41, 5.74) is 0. The topological polar surface area (TPSA) is 0 Å². The molecule has 0 spiro atoms. The SMILES string of the molecule is CC1CC(C2CCCC(C3CCCCC(C4CCCCCCC4)CC3)CCC2)CCCC(C2CCCC(C3CCCCCC(C4CCCCCCC4)C3)CC(C3CCCCCCC3)C2)C1. The van der Waals surface area contributed by atoms with Gasteiger partial charge in [-0.05, 0) is 134 Å². The minimum absolute atomic E-state index is 0.961. The Balaban J connectivity index is 0.840. The summed E-state index contributed by atoms with van der Waals surface area (Å²) < 4.78 is 0. The van der Waals surface area contributed by atoms with Crippen LogP contribution in [0, 0.1) is 88.8 Å². The lowest BCUT2D eigenvalue weighted by molar-refractivity contribution is 0.0747. The molecule has 10 unspecified atom stereocenters. The van der Waals surface area contributed by atoms with Crippen molar-refractivity contribution in [3.63, 3.8) is 0 Å². The normalized spacial score (nSPS) is 40.6. The molecule has 0 N–H and O–H groups in total. The van der Waals surface area contributed by atoms with Crippen LogP contribution in [0.4, 0.5) is 0 Å². The molecular weight excluding hydrogens is 781 g/mol. The molecule has 65 heavy (non-hydrogen) atoms. The maximum absolute atomic E-state index is 2.76. The van der Waals surface area contributed by atoms with Crippen LogP contribution in [0.1, 0.15) is 322 Å². The van der Waals surface area contributed by atoms with Crippen molar-refractivity contribution in [2.75, 3.05) is 0 Å². The largest absolute Gasteiger partial charge is 0.0625 e. The summed E-state index contributed by atoms with van der Waals surface area (Å²) in [6.07, 6.45) is 76.9. The number of rotatable bonds is 7. The van der Waals surface area contributed by atoms with Gasteiger partial charge in [0.15, 0.2) is 0 Å². The molecule has 0 amide bonds. The molecule has 0 heteroatoms. The van der Waals surface area contributed by atoms with Gasteiger partial charge in [-0.25, -0.2) is 0 Å². The fourth-order valence-electron chi connectivity index (χ4n) is 19.2. The fourth-order valence-corrected chi connectivity index (χ4v) is 19.2. The third-order valence-corrected chi connectivity index (χ3v) is 22.9. The van der Waals surface area contributed by atoms with E-state index in [1.165, 1.54) is 70.6 Å². The molecule has 376 valence electrons. The van der Waals surface area contributed by atoms with E-state index in [2.05, 4.69) is 6.92 Å². The monoisotopic (exact) mass is 897 g/mol. The molecule has 0 heterocycles. The van der Waals surface area contributed by atoms with Gasteiger partial charge in [0.1, 0.15) is 0 Å². The lowest BCUT2D eigenvalue weighted by Gasteiger charge is -2.43. The zero-order valence-electron chi connectivity index (χ0n) is 44.3. The summed E-state index contributed by atoms with van der Waals surface area (Å²) in [6.45, 7) is 2.76. The number of hydrogen-bond donors (Lipinski definition) is 0. The minimum atomic E-state index is 0.961. The van der Waals surface area contributed by atoms with Crippen molar-refractivity contribution in [1.29, 1.82) is 0 Å². The molecule has 8 rings (SSSR count). The Kier molecular flexibility index (Phi) is 22.7. The van der Waals surface area contributed by atoms with Crippen molar-refractivity contribution >= 4 is 0 Å². The average molecular weight is 898 g/mol. The van der Waals surface area contributed by atoms with Crippen LogP contribution in [-0.2, 0) is 0 Å². The van der Waals surface area contributed by atoms with Crippen LogP contribution in [0.2, 0.25) is 0 Å². The van der Waals surface area contributed by atoms with Crippen LogP contribution in [-0.4, -0.2) is 0 Å². The van der Waals surface area contributed by atoms with Gasteiger partial charge in [0.05, 0.1) is 0 Å². The molecule has 8 fully saturated rings. The summed E-state index contributed by atoms with van der Waals surface area (Å²) in [4.78, 5) is 0. The highest BCUT2D eigenvalue weighted by Gasteiger charge is 2.39. The molecule has 8 aliphatic carbocycles. The van der Waals surface area contributed by atoms with Crippen LogP contribution in [0.15, 0.2) is 0 Å². The molecule has 0 saturated heterocycles. The van der Waals surface area contributed by atoms with E-state index in [1.54, 1.807) is 244 Å². The Morgan fingerprint density at radius 3 is 0.677 bits per heavy atom. The lowest BCUT2D eigenvalue weighted by Crippen LogP contribution is -2.33. The first-order valence-electron chi connectivity index (χ1n) is 32.2. The first-order chi connectivity index (χ1) is 32.2. The van der Waals surface area contributed by atoms with Crippen molar-refractivity contribution in [3.8, 4) is 0 Å². The van der Waals surface area contributed by atoms with Crippen molar-refractivity contribution in [2.45, 2.75) is 322 Å². The Bertz CT molecular complexity index is 1200. The van der Waals surface area contributed by atoms with Gasteiger partial charge < -0.3 is 0 Å². The molecule has 0 aromatic rings. The van der Waals surface area contributed by atoms with E-state index in [-0.39, 0.29) is 0 Å². The van der Waals surface area contributed by atoms with Crippen molar-refractivity contribution in [1.82, 2.24) is 0 Å². The van der Waals surface area contributed by atoms with Gasteiger partial charge in [-0.2, -0.15) is 0 Å². The van der Waals surface area contributed by atoms with Crippen LogP contribution < -0.4 is 0 Å². The third kappa shape index (κ3) is 16.5. The van der Waals surface area contributed by atoms with E-state index < -0.39 is 0 Å². The van der Waals surface area contributed by atoms with E-state index in [1.807, 2.05) is 0 Å². The second-order valence-electron chi connectivity index (χ2n) is 27.2. The van der Waals surface area contributed by atoms with E-state index in [4.69, 9.17) is 0 Å². The van der Waals surface area contributed by atoms with E-state index >= 15 is 0 Å². The van der Waals surface area contributed by atoms with Gasteiger partial charge in [-0.1, -0.05) is 277 Å². The first kappa shape index (κ1) is 51.4. The summed E-state index contributed by atoms with van der Waals surface area (Å²) in [6, 6.07) is 0. The number of hydrogen-bond acceptors (Lipinski definition) is 0. The second-order valence-corrected chi connectivity index (χ2v) is 27.2. The standard InChI is InChI=1S/C65H116/c1-51-46-59(55-38-22-36-53(37-23-39-55)58-33-21-20-32-57(44-45-58)52-26-12-5-2-6-13-27-52)40-24-41-60(47-51)63-42-25-43-64(50-65(49-63)56-30-16-9-4-10-17-31-56)62-35-19-11-18-34-61(48-62)54-28-14-7-3-8-15-29-54/h51-65H,2-50H2,1H3. The van der Waals surface area contributed by atoms with Crippen molar-refractivity contribution in [3.05, 3.63) is 0 Å². The molecular formula is C65H116. The smallest absolute Gasteiger partial charge is 0.0380 e. The van der Waals surface area contributed by atoms with E-state index in [0.29, 0.717) is 0 Å². The Morgan fingerprint density at radius 1 is 0.138 bits per heavy atom. The van der Waals surface area contributed by atoms with Gasteiger partial charge in [-0.3, -0.25) is 0 Å². The highest BCUT2D eigenvalue weighted by Crippen LogP contribution is 2.50. The molecule has 8 saturated carbocycles. The van der Waals surface area contributed by atoms with Gasteiger partial charge in [0.2, 0.25) is 0 Å². The molecule has 0 radical (unpaired) electrons. The van der Waals surface area contributed by atoms with E-state index in [0.717, 1.165) is 88.8 Å². The van der Waals surface area contributed by atoms with Crippen LogP contribution in [0.25, 0.3) is 0 Å².